The van der Waals surface area contributed by atoms with E-state index in [1.165, 1.54) is 4.90 Å². The summed E-state index contributed by atoms with van der Waals surface area (Å²) < 4.78 is 74.3. The van der Waals surface area contributed by atoms with Crippen molar-refractivity contribution in [3.8, 4) is 0 Å². The third-order valence-corrected chi connectivity index (χ3v) is 16.9. The zero-order chi connectivity index (χ0) is 36.7. The van der Waals surface area contributed by atoms with Crippen LogP contribution < -0.4 is 0 Å². The van der Waals surface area contributed by atoms with E-state index in [9.17, 15) is 22.8 Å². The Hall–Kier alpha value is -2.15. The second-order valence-corrected chi connectivity index (χ2v) is 20.6. The Kier molecular flexibility index (Phi) is 11.5. The second-order valence-electron chi connectivity index (χ2n) is 15.0. The number of carbonyl (C=O) groups excluding carboxylic acids is 2. The molecule has 0 aliphatic heterocycles. The van der Waals surface area contributed by atoms with Crippen LogP contribution in [-0.2, 0) is 20.1 Å². The Morgan fingerprint density at radius 3 is 2.12 bits per heavy atom. The molecular formula is C36H49Cl2F4N3O4Si. The van der Waals surface area contributed by atoms with Crippen LogP contribution in [0.3, 0.4) is 0 Å². The van der Waals surface area contributed by atoms with E-state index in [1.54, 1.807) is 32.0 Å². The van der Waals surface area contributed by atoms with Gasteiger partial charge in [0.05, 0.1) is 49.0 Å². The average Bonchev–Trinajstić information content (AvgIpc) is 3.68. The summed E-state index contributed by atoms with van der Waals surface area (Å²) in [6.45, 7) is 9.18. The van der Waals surface area contributed by atoms with Gasteiger partial charge in [-0.25, -0.2) is 4.39 Å². The maximum absolute atomic E-state index is 16.4. The van der Waals surface area contributed by atoms with Crippen LogP contribution in [0.5, 0.6) is 0 Å². The van der Waals surface area contributed by atoms with Crippen LogP contribution in [-0.4, -0.2) is 60.2 Å². The highest BCUT2D eigenvalue weighted by molar-refractivity contribution is 6.73. The Labute approximate surface area is 303 Å². The molecule has 1 aromatic carbocycles. The van der Waals surface area contributed by atoms with Crippen LogP contribution in [0.25, 0.3) is 0 Å². The fourth-order valence-electron chi connectivity index (χ4n) is 8.25. The summed E-state index contributed by atoms with van der Waals surface area (Å²) in [6, 6.07) is 6.56. The minimum atomic E-state index is -4.94. The van der Waals surface area contributed by atoms with E-state index in [2.05, 4.69) is 5.10 Å². The maximum Gasteiger partial charge on any atom is 0.433 e. The SMILES string of the molecule is CCOC(=O)[C@]1(C)CC[C@@H](n2ncc(C(=O)N(CC(O[Si](CC)(CC)CC)c3c(Cl)cccc3Cl)CC3(F)CC4(CC4)C3)c2C(F)(F)F)CC1. The van der Waals surface area contributed by atoms with Gasteiger partial charge in [0.1, 0.15) is 5.67 Å². The molecule has 7 nitrogen and oxygen atoms in total. The number of hydrogen-bond acceptors (Lipinski definition) is 5. The molecule has 50 heavy (non-hydrogen) atoms. The van der Waals surface area contributed by atoms with E-state index in [0.717, 1.165) is 41.9 Å². The Morgan fingerprint density at radius 2 is 1.62 bits per heavy atom. The van der Waals surface area contributed by atoms with Crippen molar-refractivity contribution >= 4 is 43.4 Å². The predicted octanol–water partition coefficient (Wildman–Crippen LogP) is 10.4. The number of hydrogen-bond donors (Lipinski definition) is 0. The van der Waals surface area contributed by atoms with Crippen molar-refractivity contribution in [2.24, 2.45) is 10.8 Å². The normalized spacial score (nSPS) is 23.3. The Bertz CT molecular complexity index is 1520. The first-order chi connectivity index (χ1) is 23.5. The maximum atomic E-state index is 16.4. The van der Waals surface area contributed by atoms with Gasteiger partial charge in [0.25, 0.3) is 5.91 Å². The molecule has 0 radical (unpaired) electrons. The molecule has 2 aromatic rings. The lowest BCUT2D eigenvalue weighted by Crippen LogP contribution is -2.53. The molecule has 3 saturated carbocycles. The van der Waals surface area contributed by atoms with Crippen molar-refractivity contribution in [1.82, 2.24) is 14.7 Å². The van der Waals surface area contributed by atoms with Gasteiger partial charge in [-0.15, -0.1) is 0 Å². The zero-order valence-corrected chi connectivity index (χ0v) is 32.1. The van der Waals surface area contributed by atoms with Crippen LogP contribution in [0, 0.1) is 10.8 Å². The van der Waals surface area contributed by atoms with Gasteiger partial charge in [0.15, 0.2) is 14.0 Å². The highest BCUT2D eigenvalue weighted by atomic mass is 35.5. The molecule has 3 aliphatic rings. The number of nitrogens with zero attached hydrogens (tertiary/aromatic N) is 3. The van der Waals surface area contributed by atoms with Crippen molar-refractivity contribution < 1.29 is 36.3 Å². The first kappa shape index (κ1) is 39.1. The molecule has 3 fully saturated rings. The summed E-state index contributed by atoms with van der Waals surface area (Å²) in [7, 11) is -2.42. The van der Waals surface area contributed by atoms with Gasteiger partial charge >= 0.3 is 12.1 Å². The average molecular weight is 763 g/mol. The van der Waals surface area contributed by atoms with Gasteiger partial charge < -0.3 is 14.1 Å². The van der Waals surface area contributed by atoms with Crippen LogP contribution in [0.1, 0.15) is 120 Å². The van der Waals surface area contributed by atoms with Gasteiger partial charge in [0.2, 0.25) is 0 Å². The van der Waals surface area contributed by atoms with Crippen molar-refractivity contribution in [3.63, 3.8) is 0 Å². The molecule has 14 heteroatoms. The lowest BCUT2D eigenvalue weighted by molar-refractivity contribution is -0.157. The number of halogens is 6. The molecule has 1 spiro atoms. The number of amides is 1. The molecule has 0 N–H and O–H groups in total. The molecule has 0 bridgehead atoms. The fourth-order valence-corrected chi connectivity index (χ4v) is 11.7. The lowest BCUT2D eigenvalue weighted by atomic mass is 9.69. The largest absolute Gasteiger partial charge is 0.466 e. The van der Waals surface area contributed by atoms with Crippen molar-refractivity contribution in [2.45, 2.75) is 128 Å². The van der Waals surface area contributed by atoms with Crippen molar-refractivity contribution in [2.75, 3.05) is 19.7 Å². The number of alkyl halides is 4. The number of aromatic nitrogens is 2. The summed E-state index contributed by atoms with van der Waals surface area (Å²) in [5.74, 6) is -1.35. The smallest absolute Gasteiger partial charge is 0.433 e. The van der Waals surface area contributed by atoms with E-state index < -0.39 is 61.4 Å². The highest BCUT2D eigenvalue weighted by Gasteiger charge is 2.62. The van der Waals surface area contributed by atoms with Crippen LogP contribution >= 0.6 is 23.2 Å². The number of carbonyl (C=O) groups is 2. The Balaban J connectivity index is 1.52. The standard InChI is InChI=1S/C36H49Cl2F4N3O4Si/c1-6-48-32(47)33(5)15-13-24(14-16-33)45-30(36(40,41)42)25(19-43-45)31(46)44(23-35(39)21-34(22-35)17-18-34)20-28(49-50(7-2,8-3)9-4)29-26(37)11-10-12-27(29)38/h10-12,19,24,28H,6-9,13-18,20-23H2,1-5H3/t24-,28?,33-. The molecule has 5 rings (SSSR count). The van der Waals surface area contributed by atoms with E-state index >= 15 is 4.39 Å². The molecule has 1 atom stereocenters. The quantitative estimate of drug-likeness (QED) is 0.109. The molecule has 1 aromatic heterocycles. The van der Waals surface area contributed by atoms with E-state index in [4.69, 9.17) is 32.4 Å². The topological polar surface area (TPSA) is 73.7 Å². The first-order valence-corrected chi connectivity index (χ1v) is 21.2. The zero-order valence-electron chi connectivity index (χ0n) is 29.6. The third-order valence-electron chi connectivity index (χ3n) is 11.6. The number of rotatable bonds is 14. The summed E-state index contributed by atoms with van der Waals surface area (Å²) in [4.78, 5) is 28.3. The molecule has 1 unspecified atom stereocenters. The monoisotopic (exact) mass is 761 g/mol. The van der Waals surface area contributed by atoms with Crippen molar-refractivity contribution in [3.05, 3.63) is 51.3 Å². The van der Waals surface area contributed by atoms with Gasteiger partial charge in [-0.2, -0.15) is 18.3 Å². The van der Waals surface area contributed by atoms with Crippen molar-refractivity contribution in [1.29, 1.82) is 0 Å². The molecule has 278 valence electrons. The van der Waals surface area contributed by atoms with Crippen LogP contribution in [0.2, 0.25) is 28.2 Å². The lowest BCUT2D eigenvalue weighted by Gasteiger charge is -2.46. The number of ether oxygens (including phenoxy) is 1. The number of benzene rings is 1. The minimum Gasteiger partial charge on any atom is -0.466 e. The molecular weight excluding hydrogens is 713 g/mol. The fraction of sp³-hybridized carbons (Fsp3) is 0.694. The molecule has 1 heterocycles. The van der Waals surface area contributed by atoms with Crippen LogP contribution in [0.15, 0.2) is 24.4 Å². The van der Waals surface area contributed by atoms with E-state index in [-0.39, 0.29) is 50.2 Å². The van der Waals surface area contributed by atoms with E-state index in [1.807, 2.05) is 20.8 Å². The van der Waals surface area contributed by atoms with Gasteiger partial charge in [0, 0.05) is 15.6 Å². The summed E-state index contributed by atoms with van der Waals surface area (Å²) in [6.07, 6.45) is -1.44. The molecule has 3 aliphatic carbocycles. The number of esters is 1. The first-order valence-electron chi connectivity index (χ1n) is 17.9. The summed E-state index contributed by atoms with van der Waals surface area (Å²) in [5.41, 5.74) is -4.01. The molecule has 0 saturated heterocycles. The second kappa shape index (κ2) is 14.7. The Morgan fingerprint density at radius 1 is 1.04 bits per heavy atom. The van der Waals surface area contributed by atoms with Crippen LogP contribution in [0.4, 0.5) is 17.6 Å². The van der Waals surface area contributed by atoms with Gasteiger partial charge in [-0.1, -0.05) is 50.0 Å². The predicted molar refractivity (Wildman–Crippen MR) is 188 cm³/mol. The molecule has 1 amide bonds. The third kappa shape index (κ3) is 7.93. The summed E-state index contributed by atoms with van der Waals surface area (Å²) in [5, 5.41) is 4.74. The van der Waals surface area contributed by atoms with Gasteiger partial charge in [-0.3, -0.25) is 14.3 Å². The van der Waals surface area contributed by atoms with Gasteiger partial charge in [-0.05, 0) is 101 Å². The van der Waals surface area contributed by atoms with E-state index in [0.29, 0.717) is 28.5 Å². The highest BCUT2D eigenvalue weighted by Crippen LogP contribution is 2.66. The minimum absolute atomic E-state index is 0.0683. The summed E-state index contributed by atoms with van der Waals surface area (Å²) >= 11 is 13.4.